The van der Waals surface area contributed by atoms with E-state index in [9.17, 15) is 9.90 Å². The summed E-state index contributed by atoms with van der Waals surface area (Å²) in [5.74, 6) is 0.365. The monoisotopic (exact) mass is 302 g/mol. The molecule has 22 heavy (non-hydrogen) atoms. The summed E-state index contributed by atoms with van der Waals surface area (Å²) in [4.78, 5) is 14.0. The van der Waals surface area contributed by atoms with E-state index in [0.717, 1.165) is 19.3 Å². The molecule has 0 aromatic heterocycles. The second kappa shape index (κ2) is 7.28. The van der Waals surface area contributed by atoms with Crippen molar-refractivity contribution in [1.29, 1.82) is 5.26 Å². The average Bonchev–Trinajstić information content (AvgIpc) is 2.60. The third-order valence-electron chi connectivity index (χ3n) is 4.62. The van der Waals surface area contributed by atoms with Gasteiger partial charge in [0.2, 0.25) is 0 Å². The number of hydrogen-bond acceptors (Lipinski definition) is 4. The number of likely N-dealkylation sites (tertiary alicyclic amines) is 1. The van der Waals surface area contributed by atoms with Crippen molar-refractivity contribution in [3.8, 4) is 11.8 Å². The number of carbonyl (C=O) groups is 1. The maximum atomic E-state index is 12.2. The largest absolute Gasteiger partial charge is 0.482 e. The smallest absolute Gasteiger partial charge is 0.260 e. The fourth-order valence-corrected chi connectivity index (χ4v) is 2.77. The highest BCUT2D eigenvalue weighted by Gasteiger charge is 2.33. The van der Waals surface area contributed by atoms with Crippen molar-refractivity contribution in [2.24, 2.45) is 5.41 Å². The number of hydrogen-bond donors (Lipinski definition) is 1. The molecule has 1 N–H and O–H groups in total. The van der Waals surface area contributed by atoms with E-state index >= 15 is 0 Å². The summed E-state index contributed by atoms with van der Waals surface area (Å²) >= 11 is 0. The number of aliphatic hydroxyl groups excluding tert-OH is 1. The lowest BCUT2D eigenvalue weighted by atomic mass is 9.77. The fraction of sp³-hybridized carbons (Fsp3) is 0.529. The van der Waals surface area contributed by atoms with Crippen LogP contribution in [0.5, 0.6) is 5.75 Å². The lowest BCUT2D eigenvalue weighted by Crippen LogP contribution is -2.46. The van der Waals surface area contributed by atoms with Gasteiger partial charge in [-0.2, -0.15) is 5.26 Å². The number of rotatable bonds is 5. The van der Waals surface area contributed by atoms with Gasteiger partial charge in [-0.1, -0.05) is 19.1 Å². The summed E-state index contributed by atoms with van der Waals surface area (Å²) in [6, 6.07) is 8.94. The quantitative estimate of drug-likeness (QED) is 0.902. The maximum Gasteiger partial charge on any atom is 0.260 e. The number of carbonyl (C=O) groups excluding carboxylic acids is 1. The van der Waals surface area contributed by atoms with Gasteiger partial charge in [-0.05, 0) is 36.8 Å². The summed E-state index contributed by atoms with van der Waals surface area (Å²) in [6.45, 7) is 3.50. The molecule has 1 aromatic carbocycles. The highest BCUT2D eigenvalue weighted by Crippen LogP contribution is 2.34. The van der Waals surface area contributed by atoms with Crippen LogP contribution in [-0.4, -0.2) is 42.2 Å². The van der Waals surface area contributed by atoms with Crippen LogP contribution in [0.3, 0.4) is 0 Å². The molecule has 1 aliphatic heterocycles. The number of nitrogens with zero attached hydrogens (tertiary/aromatic N) is 2. The molecule has 0 aliphatic carbocycles. The van der Waals surface area contributed by atoms with E-state index in [4.69, 9.17) is 10.00 Å². The van der Waals surface area contributed by atoms with Crippen LogP contribution < -0.4 is 4.74 Å². The number of nitriles is 1. The van der Waals surface area contributed by atoms with Crippen LogP contribution in [0, 0.1) is 16.7 Å². The molecule has 1 fully saturated rings. The number of para-hydroxylation sites is 1. The number of amides is 1. The summed E-state index contributed by atoms with van der Waals surface area (Å²) in [6.07, 6.45) is 2.57. The SMILES string of the molecule is CCC1(CO)CCN(C(=O)COc2ccccc2C#N)CC1. The van der Waals surface area contributed by atoms with Crippen molar-refractivity contribution >= 4 is 5.91 Å². The van der Waals surface area contributed by atoms with Crippen LogP contribution >= 0.6 is 0 Å². The minimum Gasteiger partial charge on any atom is -0.482 e. The van der Waals surface area contributed by atoms with Gasteiger partial charge >= 0.3 is 0 Å². The molecule has 0 spiro atoms. The van der Waals surface area contributed by atoms with Gasteiger partial charge in [0.25, 0.3) is 5.91 Å². The molecule has 2 rings (SSSR count). The average molecular weight is 302 g/mol. The highest BCUT2D eigenvalue weighted by atomic mass is 16.5. The zero-order valence-electron chi connectivity index (χ0n) is 12.9. The van der Waals surface area contributed by atoms with Crippen molar-refractivity contribution in [1.82, 2.24) is 4.90 Å². The van der Waals surface area contributed by atoms with E-state index < -0.39 is 0 Å². The standard InChI is InChI=1S/C17H22N2O3/c1-2-17(13-20)7-9-19(10-8-17)16(21)12-22-15-6-4-3-5-14(15)11-18/h3-6,20H,2,7-10,12-13H2,1H3. The molecule has 0 saturated carbocycles. The van der Waals surface area contributed by atoms with Crippen molar-refractivity contribution in [2.75, 3.05) is 26.3 Å². The van der Waals surface area contributed by atoms with Crippen LogP contribution in [-0.2, 0) is 4.79 Å². The summed E-state index contributed by atoms with van der Waals surface area (Å²) in [5.41, 5.74) is 0.393. The molecule has 5 heteroatoms. The molecule has 118 valence electrons. The molecule has 0 atom stereocenters. The Morgan fingerprint density at radius 1 is 1.41 bits per heavy atom. The molecular weight excluding hydrogens is 280 g/mol. The summed E-state index contributed by atoms with van der Waals surface area (Å²) in [5, 5.41) is 18.5. The molecular formula is C17H22N2O3. The minimum absolute atomic E-state index is 0.0367. The Morgan fingerprint density at radius 2 is 2.09 bits per heavy atom. The third-order valence-corrected chi connectivity index (χ3v) is 4.62. The van der Waals surface area contributed by atoms with E-state index in [-0.39, 0.29) is 24.5 Å². The zero-order chi connectivity index (χ0) is 16.0. The Bertz CT molecular complexity index is 551. The molecule has 1 heterocycles. The molecule has 1 saturated heterocycles. The minimum atomic E-state index is -0.0737. The Morgan fingerprint density at radius 3 is 2.68 bits per heavy atom. The van der Waals surface area contributed by atoms with Crippen molar-refractivity contribution < 1.29 is 14.6 Å². The van der Waals surface area contributed by atoms with Gasteiger partial charge in [0.15, 0.2) is 6.61 Å². The third kappa shape index (κ3) is 3.58. The normalized spacial score (nSPS) is 16.9. The van der Waals surface area contributed by atoms with E-state index in [1.165, 1.54) is 0 Å². The van der Waals surface area contributed by atoms with Gasteiger partial charge in [0.05, 0.1) is 5.56 Å². The Balaban J connectivity index is 1.88. The van der Waals surface area contributed by atoms with Crippen molar-refractivity contribution in [2.45, 2.75) is 26.2 Å². The topological polar surface area (TPSA) is 73.6 Å². The van der Waals surface area contributed by atoms with Gasteiger partial charge in [-0.3, -0.25) is 4.79 Å². The summed E-state index contributed by atoms with van der Waals surface area (Å²) in [7, 11) is 0. The Labute approximate surface area is 131 Å². The highest BCUT2D eigenvalue weighted by molar-refractivity contribution is 5.78. The number of benzene rings is 1. The molecule has 0 unspecified atom stereocenters. The van der Waals surface area contributed by atoms with Crippen molar-refractivity contribution in [3.05, 3.63) is 29.8 Å². The number of aliphatic hydroxyl groups is 1. The first-order valence-corrected chi connectivity index (χ1v) is 7.65. The molecule has 1 aliphatic rings. The summed E-state index contributed by atoms with van der Waals surface area (Å²) < 4.78 is 5.48. The van der Waals surface area contributed by atoms with Gasteiger partial charge < -0.3 is 14.7 Å². The van der Waals surface area contributed by atoms with Crippen LogP contribution in [0.4, 0.5) is 0 Å². The van der Waals surface area contributed by atoms with Crippen LogP contribution in [0.25, 0.3) is 0 Å². The molecule has 0 radical (unpaired) electrons. The second-order valence-corrected chi connectivity index (χ2v) is 5.79. The van der Waals surface area contributed by atoms with Crippen LogP contribution in [0.2, 0.25) is 0 Å². The van der Waals surface area contributed by atoms with E-state index in [1.54, 1.807) is 29.2 Å². The molecule has 0 bridgehead atoms. The Kier molecular flexibility index (Phi) is 5.40. The maximum absolute atomic E-state index is 12.2. The second-order valence-electron chi connectivity index (χ2n) is 5.79. The first-order valence-electron chi connectivity index (χ1n) is 7.65. The Hall–Kier alpha value is -2.06. The number of piperidine rings is 1. The van der Waals surface area contributed by atoms with E-state index in [1.807, 2.05) is 6.07 Å². The fourth-order valence-electron chi connectivity index (χ4n) is 2.77. The predicted molar refractivity (Wildman–Crippen MR) is 82.3 cm³/mol. The van der Waals surface area contributed by atoms with Gasteiger partial charge in [0, 0.05) is 19.7 Å². The predicted octanol–water partition coefficient (Wildman–Crippen LogP) is 1.95. The van der Waals surface area contributed by atoms with Gasteiger partial charge in [0.1, 0.15) is 11.8 Å². The van der Waals surface area contributed by atoms with E-state index in [2.05, 4.69) is 6.92 Å². The van der Waals surface area contributed by atoms with Gasteiger partial charge in [-0.25, -0.2) is 0 Å². The van der Waals surface area contributed by atoms with Gasteiger partial charge in [-0.15, -0.1) is 0 Å². The van der Waals surface area contributed by atoms with Crippen LogP contribution in [0.1, 0.15) is 31.7 Å². The lowest BCUT2D eigenvalue weighted by molar-refractivity contribution is -0.136. The van der Waals surface area contributed by atoms with Crippen molar-refractivity contribution in [3.63, 3.8) is 0 Å². The molecule has 5 nitrogen and oxygen atoms in total. The number of ether oxygens (including phenoxy) is 1. The first kappa shape index (κ1) is 16.3. The first-order chi connectivity index (χ1) is 10.6. The van der Waals surface area contributed by atoms with E-state index in [0.29, 0.717) is 24.4 Å². The zero-order valence-corrected chi connectivity index (χ0v) is 12.9. The lowest BCUT2D eigenvalue weighted by Gasteiger charge is -2.40. The van der Waals surface area contributed by atoms with Crippen LogP contribution in [0.15, 0.2) is 24.3 Å². The molecule has 1 aromatic rings. The molecule has 1 amide bonds.